The van der Waals surface area contributed by atoms with E-state index in [1.165, 1.54) is 0 Å². The molecule has 0 amide bonds. The summed E-state index contributed by atoms with van der Waals surface area (Å²) in [5.41, 5.74) is 6.44. The molecule has 1 aliphatic rings. The molecular formula is C30H50ClN5O9. The highest BCUT2D eigenvalue weighted by Crippen LogP contribution is 2.18. The Bertz CT molecular complexity index is 1030. The lowest BCUT2D eigenvalue weighted by molar-refractivity contribution is -0.142. The van der Waals surface area contributed by atoms with E-state index in [4.69, 9.17) is 10.5 Å². The number of ether oxygens (including phenoxy) is 1. The smallest absolute Gasteiger partial charge is 0.317 e. The molecule has 0 aromatic heterocycles. The Morgan fingerprint density at radius 2 is 1.13 bits per heavy atom. The van der Waals surface area contributed by atoms with E-state index in [0.29, 0.717) is 19.6 Å². The highest BCUT2D eigenvalue weighted by atomic mass is 35.5. The van der Waals surface area contributed by atoms with E-state index in [-0.39, 0.29) is 84.4 Å². The lowest BCUT2D eigenvalue weighted by Gasteiger charge is -2.37. The molecule has 0 saturated carbocycles. The van der Waals surface area contributed by atoms with E-state index >= 15 is 0 Å². The van der Waals surface area contributed by atoms with Crippen molar-refractivity contribution in [3.8, 4) is 5.75 Å². The third kappa shape index (κ3) is 17.9. The first-order valence-corrected chi connectivity index (χ1v) is 15.3. The SMILES string of the molecule is Cl.NCCCCCCCOc1ccc(C[C@H]2CN(CC(=O)O)CCN(CC(=O)O)CCN(CC(=O)O)CCN2CC(=O)O)cc1. The molecule has 1 heterocycles. The van der Waals surface area contributed by atoms with Crippen LogP contribution in [0.15, 0.2) is 24.3 Å². The molecule has 2 rings (SSSR count). The fraction of sp³-hybridized carbons (Fsp3) is 0.667. The first kappa shape index (κ1) is 40.0. The van der Waals surface area contributed by atoms with Gasteiger partial charge in [-0.25, -0.2) is 0 Å². The number of hydrogen-bond acceptors (Lipinski definition) is 10. The second-order valence-electron chi connectivity index (χ2n) is 11.2. The van der Waals surface area contributed by atoms with Gasteiger partial charge in [-0.15, -0.1) is 12.4 Å². The number of halogens is 1. The van der Waals surface area contributed by atoms with Gasteiger partial charge in [-0.1, -0.05) is 31.4 Å². The van der Waals surface area contributed by atoms with Crippen molar-refractivity contribution < 1.29 is 44.3 Å². The van der Waals surface area contributed by atoms with Crippen molar-refractivity contribution in [3.63, 3.8) is 0 Å². The van der Waals surface area contributed by atoms with Crippen LogP contribution >= 0.6 is 12.4 Å². The van der Waals surface area contributed by atoms with E-state index in [9.17, 15) is 39.6 Å². The standard InChI is InChI=1S/C30H49N5O9.ClH/c31-10-4-2-1-3-5-17-44-26-8-6-24(7-9-26)18-25-19-34(22-29(40)41)14-13-32(20-27(36)37)11-12-33(21-28(38)39)15-16-35(25)23-30(42)43;/h6-9,25H,1-5,10-23,31H2,(H,36,37)(H,38,39)(H,40,41)(H,42,43);1H/t25-;/m0./s1. The Balaban J connectivity index is 0.0000101. The number of carboxylic acids is 4. The lowest BCUT2D eigenvalue weighted by Crippen LogP contribution is -2.53. The molecule has 1 aromatic rings. The van der Waals surface area contributed by atoms with Crippen LogP contribution in [0, 0.1) is 0 Å². The van der Waals surface area contributed by atoms with Crippen molar-refractivity contribution in [2.24, 2.45) is 5.73 Å². The maximum absolute atomic E-state index is 11.9. The quantitative estimate of drug-likeness (QED) is 0.139. The van der Waals surface area contributed by atoms with Gasteiger partial charge in [0.05, 0.1) is 32.8 Å². The maximum atomic E-state index is 11.9. The Kier molecular flexibility index (Phi) is 20.0. The second kappa shape index (κ2) is 22.5. The number of rotatable bonds is 18. The van der Waals surface area contributed by atoms with Gasteiger partial charge in [-0.2, -0.15) is 0 Å². The molecule has 0 unspecified atom stereocenters. The van der Waals surface area contributed by atoms with Gasteiger partial charge in [-0.3, -0.25) is 38.8 Å². The summed E-state index contributed by atoms with van der Waals surface area (Å²) in [6.45, 7) is 1.92. The van der Waals surface area contributed by atoms with Gasteiger partial charge in [-0.05, 0) is 43.5 Å². The number of carbonyl (C=O) groups is 4. The summed E-state index contributed by atoms with van der Waals surface area (Å²) < 4.78 is 5.88. The van der Waals surface area contributed by atoms with Gasteiger partial charge < -0.3 is 30.9 Å². The third-order valence-electron chi connectivity index (χ3n) is 7.58. The highest BCUT2D eigenvalue weighted by molar-refractivity contribution is 5.85. The monoisotopic (exact) mass is 659 g/mol. The molecular weight excluding hydrogens is 610 g/mol. The maximum Gasteiger partial charge on any atom is 0.317 e. The predicted molar refractivity (Wildman–Crippen MR) is 170 cm³/mol. The zero-order valence-corrected chi connectivity index (χ0v) is 26.7. The van der Waals surface area contributed by atoms with Gasteiger partial charge >= 0.3 is 23.9 Å². The topological polar surface area (TPSA) is 197 Å². The number of nitrogens with two attached hydrogens (primary N) is 1. The zero-order chi connectivity index (χ0) is 32.3. The van der Waals surface area contributed by atoms with Crippen LogP contribution < -0.4 is 10.5 Å². The van der Waals surface area contributed by atoms with Crippen LogP contribution in [0.1, 0.15) is 37.7 Å². The van der Waals surface area contributed by atoms with E-state index in [2.05, 4.69) is 0 Å². The minimum atomic E-state index is -1.05. The summed E-state index contributed by atoms with van der Waals surface area (Å²) in [4.78, 5) is 53.5. The van der Waals surface area contributed by atoms with Crippen molar-refractivity contribution in [1.82, 2.24) is 19.6 Å². The van der Waals surface area contributed by atoms with Crippen LogP contribution in [0.5, 0.6) is 5.75 Å². The van der Waals surface area contributed by atoms with E-state index < -0.39 is 29.9 Å². The van der Waals surface area contributed by atoms with Gasteiger partial charge in [0.1, 0.15) is 5.75 Å². The number of carboxylic acid groups (broad SMARTS) is 4. The molecule has 1 aromatic carbocycles. The van der Waals surface area contributed by atoms with Gasteiger partial charge in [0.15, 0.2) is 0 Å². The molecule has 0 spiro atoms. The highest BCUT2D eigenvalue weighted by Gasteiger charge is 2.27. The minimum Gasteiger partial charge on any atom is -0.494 e. The zero-order valence-electron chi connectivity index (χ0n) is 25.9. The number of unbranched alkanes of at least 4 members (excludes halogenated alkanes) is 4. The second-order valence-corrected chi connectivity index (χ2v) is 11.2. The Morgan fingerprint density at radius 1 is 0.667 bits per heavy atom. The number of nitrogens with zero attached hydrogens (tertiary/aromatic N) is 4. The molecule has 6 N–H and O–H groups in total. The first-order chi connectivity index (χ1) is 21.0. The largest absolute Gasteiger partial charge is 0.494 e. The molecule has 0 radical (unpaired) electrons. The average molecular weight is 660 g/mol. The van der Waals surface area contributed by atoms with Crippen molar-refractivity contribution in [2.75, 3.05) is 85.1 Å². The van der Waals surface area contributed by atoms with Crippen molar-refractivity contribution in [3.05, 3.63) is 29.8 Å². The fourth-order valence-electron chi connectivity index (χ4n) is 5.32. The van der Waals surface area contributed by atoms with E-state index in [1.807, 2.05) is 24.3 Å². The molecule has 0 aliphatic carbocycles. The Labute approximate surface area is 271 Å². The molecule has 0 bridgehead atoms. The Morgan fingerprint density at radius 3 is 1.67 bits per heavy atom. The van der Waals surface area contributed by atoms with E-state index in [1.54, 1.807) is 19.6 Å². The average Bonchev–Trinajstić information content (AvgIpc) is 2.94. The Hall–Kier alpha value is -3.01. The van der Waals surface area contributed by atoms with Crippen molar-refractivity contribution in [1.29, 1.82) is 0 Å². The number of hydrogen-bond donors (Lipinski definition) is 5. The van der Waals surface area contributed by atoms with Gasteiger partial charge in [0.2, 0.25) is 0 Å². The van der Waals surface area contributed by atoms with Crippen LogP contribution in [0.4, 0.5) is 0 Å². The predicted octanol–water partition coefficient (Wildman–Crippen LogP) is 0.868. The molecule has 15 heteroatoms. The van der Waals surface area contributed by atoms with Crippen molar-refractivity contribution >= 4 is 36.3 Å². The molecule has 1 atom stereocenters. The molecule has 1 fully saturated rings. The van der Waals surface area contributed by atoms with Crippen LogP contribution in [-0.2, 0) is 25.6 Å². The van der Waals surface area contributed by atoms with Crippen LogP contribution in [0.3, 0.4) is 0 Å². The van der Waals surface area contributed by atoms with E-state index in [0.717, 1.165) is 43.4 Å². The normalized spacial score (nSPS) is 17.8. The molecule has 45 heavy (non-hydrogen) atoms. The molecule has 1 aliphatic heterocycles. The van der Waals surface area contributed by atoms with Crippen LogP contribution in [0.2, 0.25) is 0 Å². The first-order valence-electron chi connectivity index (χ1n) is 15.3. The minimum absolute atomic E-state index is 0. The summed E-state index contributed by atoms with van der Waals surface area (Å²) >= 11 is 0. The lowest BCUT2D eigenvalue weighted by atomic mass is 10.0. The summed E-state index contributed by atoms with van der Waals surface area (Å²) in [5.74, 6) is -3.43. The number of aliphatic carboxylic acids is 4. The van der Waals surface area contributed by atoms with Crippen LogP contribution in [-0.4, -0.2) is 155 Å². The van der Waals surface area contributed by atoms with Crippen molar-refractivity contribution in [2.45, 2.75) is 44.6 Å². The summed E-state index contributed by atoms with van der Waals surface area (Å²) in [6.07, 6.45) is 5.71. The summed E-state index contributed by atoms with van der Waals surface area (Å²) in [7, 11) is 0. The fourth-order valence-corrected chi connectivity index (χ4v) is 5.32. The summed E-state index contributed by atoms with van der Waals surface area (Å²) in [5, 5.41) is 38.2. The molecule has 1 saturated heterocycles. The molecule has 14 nitrogen and oxygen atoms in total. The summed E-state index contributed by atoms with van der Waals surface area (Å²) in [6, 6.07) is 7.16. The third-order valence-corrected chi connectivity index (χ3v) is 7.58. The van der Waals surface area contributed by atoms with Crippen LogP contribution in [0.25, 0.3) is 0 Å². The van der Waals surface area contributed by atoms with Gasteiger partial charge in [0, 0.05) is 51.9 Å². The number of benzene rings is 1. The molecule has 256 valence electrons. The van der Waals surface area contributed by atoms with Gasteiger partial charge in [0.25, 0.3) is 0 Å².